The number of nitrogens with zero attached hydrogens (tertiary/aromatic N) is 3. The van der Waals surface area contributed by atoms with Crippen molar-refractivity contribution >= 4 is 0 Å². The van der Waals surface area contributed by atoms with E-state index in [1.165, 1.54) is 12.3 Å². The Bertz CT molecular complexity index is 535. The Labute approximate surface area is 98.0 Å². The third-order valence-electron chi connectivity index (χ3n) is 2.80. The zero-order valence-electron chi connectivity index (χ0n) is 9.43. The van der Waals surface area contributed by atoms with E-state index in [9.17, 15) is 4.39 Å². The van der Waals surface area contributed by atoms with Gasteiger partial charge in [0, 0.05) is 19.0 Å². The van der Waals surface area contributed by atoms with Gasteiger partial charge < -0.3 is 4.74 Å². The van der Waals surface area contributed by atoms with Crippen molar-refractivity contribution in [2.45, 2.75) is 26.0 Å². The van der Waals surface area contributed by atoms with Crippen LogP contribution in [0.5, 0.6) is 5.88 Å². The van der Waals surface area contributed by atoms with Crippen molar-refractivity contribution in [1.82, 2.24) is 14.8 Å². The Morgan fingerprint density at radius 3 is 3.06 bits per heavy atom. The van der Waals surface area contributed by atoms with Gasteiger partial charge in [-0.1, -0.05) is 0 Å². The van der Waals surface area contributed by atoms with Crippen molar-refractivity contribution in [2.75, 3.05) is 0 Å². The fourth-order valence-corrected chi connectivity index (χ4v) is 1.88. The van der Waals surface area contributed by atoms with Gasteiger partial charge in [0.15, 0.2) is 0 Å². The highest BCUT2D eigenvalue weighted by molar-refractivity contribution is 5.55. The minimum Gasteiger partial charge on any atom is -0.475 e. The predicted octanol–water partition coefficient (Wildman–Crippen LogP) is 2.26. The average Bonchev–Trinajstić information content (AvgIpc) is 2.72. The largest absolute Gasteiger partial charge is 0.475 e. The van der Waals surface area contributed by atoms with Crippen molar-refractivity contribution in [3.8, 4) is 17.3 Å². The molecule has 1 aliphatic heterocycles. The van der Waals surface area contributed by atoms with Crippen molar-refractivity contribution in [1.29, 1.82) is 0 Å². The molecule has 1 unspecified atom stereocenters. The van der Waals surface area contributed by atoms with Crippen LogP contribution in [0.15, 0.2) is 24.4 Å². The molecule has 4 nitrogen and oxygen atoms in total. The maximum Gasteiger partial charge on any atom is 0.212 e. The van der Waals surface area contributed by atoms with Crippen LogP contribution in [-0.2, 0) is 6.54 Å². The van der Waals surface area contributed by atoms with Crippen LogP contribution in [0.1, 0.15) is 13.3 Å². The first kappa shape index (κ1) is 10.3. The maximum atomic E-state index is 12.8. The molecule has 0 aliphatic carbocycles. The highest BCUT2D eigenvalue weighted by Crippen LogP contribution is 2.26. The smallest absolute Gasteiger partial charge is 0.212 e. The molecule has 88 valence electrons. The first-order valence-electron chi connectivity index (χ1n) is 5.59. The van der Waals surface area contributed by atoms with Gasteiger partial charge in [-0.05, 0) is 19.1 Å². The van der Waals surface area contributed by atoms with E-state index in [1.807, 2.05) is 17.7 Å². The first-order chi connectivity index (χ1) is 8.22. The molecule has 0 saturated carbocycles. The lowest BCUT2D eigenvalue weighted by Crippen LogP contribution is -2.22. The fourth-order valence-electron chi connectivity index (χ4n) is 1.88. The monoisotopic (exact) mass is 233 g/mol. The predicted molar refractivity (Wildman–Crippen MR) is 60.1 cm³/mol. The number of aromatic nitrogens is 3. The Morgan fingerprint density at radius 1 is 1.41 bits per heavy atom. The Kier molecular flexibility index (Phi) is 2.31. The molecule has 2 aromatic heterocycles. The van der Waals surface area contributed by atoms with Crippen molar-refractivity contribution in [3.63, 3.8) is 0 Å². The second-order valence-electron chi connectivity index (χ2n) is 4.17. The Morgan fingerprint density at radius 2 is 2.29 bits per heavy atom. The van der Waals surface area contributed by atoms with Crippen LogP contribution in [0.4, 0.5) is 4.39 Å². The zero-order valence-corrected chi connectivity index (χ0v) is 9.43. The van der Waals surface area contributed by atoms with E-state index in [2.05, 4.69) is 10.1 Å². The summed E-state index contributed by atoms with van der Waals surface area (Å²) < 4.78 is 20.2. The molecule has 0 spiro atoms. The SMILES string of the molecule is CC1CCn2nc(-c3ccc(F)cn3)cc2O1. The molecule has 0 bridgehead atoms. The number of pyridine rings is 1. The molecule has 1 atom stereocenters. The fraction of sp³-hybridized carbons (Fsp3) is 0.333. The molecule has 17 heavy (non-hydrogen) atoms. The number of fused-ring (bicyclic) bond motifs is 1. The van der Waals surface area contributed by atoms with Crippen LogP contribution < -0.4 is 4.74 Å². The standard InChI is InChI=1S/C12H12FN3O/c1-8-4-5-16-12(17-8)6-11(15-16)10-3-2-9(13)7-14-10/h2-3,6-8H,4-5H2,1H3. The second kappa shape index (κ2) is 3.84. The van der Waals surface area contributed by atoms with Crippen LogP contribution in [0, 0.1) is 5.82 Å². The quantitative estimate of drug-likeness (QED) is 0.758. The third-order valence-corrected chi connectivity index (χ3v) is 2.80. The van der Waals surface area contributed by atoms with E-state index >= 15 is 0 Å². The molecular weight excluding hydrogens is 221 g/mol. The summed E-state index contributed by atoms with van der Waals surface area (Å²) in [5.41, 5.74) is 1.37. The van der Waals surface area contributed by atoms with Gasteiger partial charge in [-0.3, -0.25) is 4.98 Å². The van der Waals surface area contributed by atoms with Gasteiger partial charge in [0.05, 0.1) is 18.0 Å². The van der Waals surface area contributed by atoms with Crippen LogP contribution in [0.2, 0.25) is 0 Å². The summed E-state index contributed by atoms with van der Waals surface area (Å²) in [6.07, 6.45) is 2.36. The number of ether oxygens (including phenoxy) is 1. The van der Waals surface area contributed by atoms with Crippen LogP contribution in [-0.4, -0.2) is 20.9 Å². The second-order valence-corrected chi connectivity index (χ2v) is 4.17. The molecule has 0 saturated heterocycles. The number of hydrogen-bond donors (Lipinski definition) is 0. The summed E-state index contributed by atoms with van der Waals surface area (Å²) in [6.45, 7) is 2.88. The maximum absolute atomic E-state index is 12.8. The van der Waals surface area contributed by atoms with Crippen molar-refractivity contribution < 1.29 is 9.13 Å². The van der Waals surface area contributed by atoms with Gasteiger partial charge in [0.25, 0.3) is 0 Å². The lowest BCUT2D eigenvalue weighted by molar-refractivity contribution is 0.149. The normalized spacial score (nSPS) is 18.6. The molecule has 5 heteroatoms. The van der Waals surface area contributed by atoms with Crippen LogP contribution in [0.3, 0.4) is 0 Å². The molecular formula is C12H12FN3O. The molecule has 0 N–H and O–H groups in total. The number of hydrogen-bond acceptors (Lipinski definition) is 3. The summed E-state index contributed by atoms with van der Waals surface area (Å²) in [7, 11) is 0. The minimum absolute atomic E-state index is 0.216. The van der Waals surface area contributed by atoms with E-state index in [4.69, 9.17) is 4.74 Å². The van der Waals surface area contributed by atoms with Crippen LogP contribution >= 0.6 is 0 Å². The van der Waals surface area contributed by atoms with Gasteiger partial charge in [-0.25, -0.2) is 9.07 Å². The highest BCUT2D eigenvalue weighted by atomic mass is 19.1. The summed E-state index contributed by atoms with van der Waals surface area (Å²) in [5, 5.41) is 4.39. The van der Waals surface area contributed by atoms with E-state index in [0.717, 1.165) is 18.8 Å². The lowest BCUT2D eigenvalue weighted by atomic mass is 10.2. The van der Waals surface area contributed by atoms with Crippen molar-refractivity contribution in [2.24, 2.45) is 0 Å². The number of rotatable bonds is 1. The molecule has 3 heterocycles. The van der Waals surface area contributed by atoms with Gasteiger partial charge in [0.2, 0.25) is 5.88 Å². The van der Waals surface area contributed by atoms with Crippen molar-refractivity contribution in [3.05, 3.63) is 30.2 Å². The molecule has 1 aliphatic rings. The molecule has 0 aromatic carbocycles. The van der Waals surface area contributed by atoms with E-state index in [-0.39, 0.29) is 11.9 Å². The number of aryl methyl sites for hydroxylation is 1. The van der Waals surface area contributed by atoms with Gasteiger partial charge in [-0.15, -0.1) is 0 Å². The summed E-state index contributed by atoms with van der Waals surface area (Å²) >= 11 is 0. The third kappa shape index (κ3) is 1.88. The first-order valence-corrected chi connectivity index (χ1v) is 5.59. The highest BCUT2D eigenvalue weighted by Gasteiger charge is 2.19. The molecule has 2 aromatic rings. The van der Waals surface area contributed by atoms with E-state index < -0.39 is 0 Å². The van der Waals surface area contributed by atoms with Gasteiger partial charge >= 0.3 is 0 Å². The summed E-state index contributed by atoms with van der Waals surface area (Å²) in [5.74, 6) is 0.410. The molecule has 0 fully saturated rings. The molecule has 0 radical (unpaired) electrons. The lowest BCUT2D eigenvalue weighted by Gasteiger charge is -2.20. The molecule has 3 rings (SSSR count). The summed E-state index contributed by atoms with van der Waals surface area (Å²) in [4.78, 5) is 4.00. The Balaban J connectivity index is 1.97. The topological polar surface area (TPSA) is 39.9 Å². The minimum atomic E-state index is -0.345. The molecule has 0 amide bonds. The number of halogens is 1. The van der Waals surface area contributed by atoms with Crippen LogP contribution in [0.25, 0.3) is 11.4 Å². The van der Waals surface area contributed by atoms with Gasteiger partial charge in [0.1, 0.15) is 11.5 Å². The van der Waals surface area contributed by atoms with E-state index in [0.29, 0.717) is 11.4 Å². The average molecular weight is 233 g/mol. The van der Waals surface area contributed by atoms with E-state index in [1.54, 1.807) is 6.07 Å². The van der Waals surface area contributed by atoms with Gasteiger partial charge in [-0.2, -0.15) is 5.10 Å². The zero-order chi connectivity index (χ0) is 11.8. The summed E-state index contributed by atoms with van der Waals surface area (Å²) in [6, 6.07) is 4.84. The Hall–Kier alpha value is -1.91.